The van der Waals surface area contributed by atoms with Gasteiger partial charge in [0.1, 0.15) is 5.58 Å². The van der Waals surface area contributed by atoms with Gasteiger partial charge in [0.2, 0.25) is 0 Å². The van der Waals surface area contributed by atoms with E-state index >= 15 is 0 Å². The molecule has 0 bridgehead atoms. The van der Waals surface area contributed by atoms with Crippen molar-refractivity contribution >= 4 is 61.4 Å². The van der Waals surface area contributed by atoms with Gasteiger partial charge in [-0.15, -0.1) is 18.2 Å². The standard InChI is InChI=1S/C43H35N2O.C18H18GeN.Ir/c1-27(2)36-24-32(30-16-9-6-10-17-30)25-37(28(3)4)41(36)45-39-21-12-11-20-38(39)44-43(45)35-19-13-18-34-33-23-22-31(26-40(33)46-42(34)35)29-14-7-5-8-15-29;1-19(2,3)15-11-12-18(20-13-15)17-10-6-8-14-7-4-5-9-16(14)17;/h5-18,20-28H,1-4H3;4-9,11-13H,1-3H3;/q2*-1;. The average Bonchev–Trinajstić information content (AvgIpc) is 3.92. The first-order valence-electron chi connectivity index (χ1n) is 23.0. The largest absolute Gasteiger partial charge is 0 e. The monoisotopic (exact) mass is 1110 g/mol. The molecule has 3 heterocycles. The molecule has 333 valence electrons. The summed E-state index contributed by atoms with van der Waals surface area (Å²) < 4.78 is 10.5. The van der Waals surface area contributed by atoms with Gasteiger partial charge in [-0.05, 0) is 75.5 Å². The molecule has 0 atom stereocenters. The fraction of sp³-hybridized carbons (Fsp3) is 0.148. The summed E-state index contributed by atoms with van der Waals surface area (Å²) in [6, 6.07) is 68.7. The van der Waals surface area contributed by atoms with Crippen LogP contribution in [0.2, 0.25) is 17.3 Å². The summed E-state index contributed by atoms with van der Waals surface area (Å²) in [6.07, 6.45) is 2.06. The van der Waals surface area contributed by atoms with Crippen LogP contribution in [0.3, 0.4) is 0 Å². The van der Waals surface area contributed by atoms with Crippen LogP contribution in [0.25, 0.3) is 94.3 Å². The molecule has 0 N–H and O–H groups in total. The van der Waals surface area contributed by atoms with Gasteiger partial charge in [-0.1, -0.05) is 124 Å². The summed E-state index contributed by atoms with van der Waals surface area (Å²) in [5.74, 6) is 8.58. The number of rotatable bonds is 8. The van der Waals surface area contributed by atoms with Gasteiger partial charge in [0, 0.05) is 31.2 Å². The Balaban J connectivity index is 0.000000224. The van der Waals surface area contributed by atoms with Crippen LogP contribution in [0.4, 0.5) is 0 Å². The third-order valence-electron chi connectivity index (χ3n) is 12.7. The van der Waals surface area contributed by atoms with Gasteiger partial charge in [-0.3, -0.25) is 4.98 Å². The molecule has 67 heavy (non-hydrogen) atoms. The molecule has 0 aliphatic carbocycles. The number of nitrogens with zero attached hydrogens (tertiary/aromatic N) is 3. The van der Waals surface area contributed by atoms with E-state index in [1.807, 2.05) is 18.2 Å². The Hall–Kier alpha value is -6.37. The smallest absolute Gasteiger partial charge is 0 e. The average molecular weight is 1110 g/mol. The molecule has 3 aromatic heterocycles. The van der Waals surface area contributed by atoms with Crippen molar-refractivity contribution < 1.29 is 24.5 Å². The minimum absolute atomic E-state index is 0. The number of hydrogen-bond donors (Lipinski definition) is 0. The van der Waals surface area contributed by atoms with Crippen molar-refractivity contribution in [2.75, 3.05) is 0 Å². The second-order valence-electron chi connectivity index (χ2n) is 18.8. The zero-order valence-corrected chi connectivity index (χ0v) is 43.6. The summed E-state index contributed by atoms with van der Waals surface area (Å²) in [7, 11) is 0. The number of furan rings is 1. The Kier molecular flexibility index (Phi) is 13.0. The third kappa shape index (κ3) is 8.97. The van der Waals surface area contributed by atoms with Gasteiger partial charge in [0.05, 0.1) is 22.4 Å². The van der Waals surface area contributed by atoms with E-state index in [4.69, 9.17) is 9.40 Å². The van der Waals surface area contributed by atoms with E-state index in [1.54, 1.807) is 0 Å². The molecule has 0 fully saturated rings. The summed E-state index contributed by atoms with van der Waals surface area (Å²) in [5.41, 5.74) is 15.2. The van der Waals surface area contributed by atoms with Crippen LogP contribution in [0.5, 0.6) is 0 Å². The topological polar surface area (TPSA) is 43.9 Å². The molecule has 1 radical (unpaired) electrons. The quantitative estimate of drug-likeness (QED) is 0.112. The summed E-state index contributed by atoms with van der Waals surface area (Å²) >= 11 is -1.78. The van der Waals surface area contributed by atoms with Crippen LogP contribution < -0.4 is 4.40 Å². The molecule has 0 aliphatic heterocycles. The number of aromatic nitrogens is 3. The van der Waals surface area contributed by atoms with Gasteiger partial charge >= 0.3 is 123 Å². The Bertz CT molecular complexity index is 3480. The van der Waals surface area contributed by atoms with E-state index in [9.17, 15) is 0 Å². The zero-order valence-electron chi connectivity index (χ0n) is 39.1. The normalized spacial score (nSPS) is 11.7. The molecule has 0 spiro atoms. The van der Waals surface area contributed by atoms with Crippen LogP contribution in [0, 0.1) is 12.1 Å². The van der Waals surface area contributed by atoms with Crippen molar-refractivity contribution in [1.82, 2.24) is 14.5 Å². The molecule has 0 aliphatic rings. The van der Waals surface area contributed by atoms with Gasteiger partial charge in [0.15, 0.2) is 0 Å². The molecule has 0 unspecified atom stereocenters. The fourth-order valence-electron chi connectivity index (χ4n) is 9.11. The first-order valence-corrected chi connectivity index (χ1v) is 30.4. The van der Waals surface area contributed by atoms with Crippen LogP contribution in [-0.2, 0) is 20.1 Å². The Morgan fingerprint density at radius 3 is 1.85 bits per heavy atom. The molecule has 11 rings (SSSR count). The third-order valence-corrected chi connectivity index (χ3v) is 16.9. The minimum Gasteiger partial charge on any atom is 0 e. The number of hydrogen-bond acceptors (Lipinski definition) is 3. The van der Waals surface area contributed by atoms with Crippen LogP contribution in [0.15, 0.2) is 187 Å². The molecule has 8 aromatic carbocycles. The summed E-state index contributed by atoms with van der Waals surface area (Å²) in [6.45, 7) is 9.14. The molecule has 0 saturated heterocycles. The molecular formula is C61H53GeIrN3O-2. The first-order chi connectivity index (χ1) is 32.0. The molecule has 4 nitrogen and oxygen atoms in total. The van der Waals surface area contributed by atoms with E-state index in [0.29, 0.717) is 0 Å². The fourth-order valence-corrected chi connectivity index (χ4v) is 11.3. The Morgan fingerprint density at radius 2 is 1.18 bits per heavy atom. The summed E-state index contributed by atoms with van der Waals surface area (Å²) in [4.78, 5) is 9.98. The first kappa shape index (κ1) is 45.8. The molecular weight excluding hydrogens is 1060 g/mol. The van der Waals surface area contributed by atoms with Gasteiger partial charge in [0.25, 0.3) is 0 Å². The van der Waals surface area contributed by atoms with E-state index in [2.05, 4.69) is 231 Å². The summed E-state index contributed by atoms with van der Waals surface area (Å²) in [5, 5.41) is 4.60. The van der Waals surface area contributed by atoms with E-state index < -0.39 is 13.3 Å². The Labute approximate surface area is 410 Å². The van der Waals surface area contributed by atoms with E-state index in [-0.39, 0.29) is 31.9 Å². The van der Waals surface area contributed by atoms with Gasteiger partial charge < -0.3 is 8.98 Å². The van der Waals surface area contributed by atoms with E-state index in [1.165, 1.54) is 48.7 Å². The molecule has 0 amide bonds. The van der Waals surface area contributed by atoms with Gasteiger partial charge in [-0.25, -0.2) is 0 Å². The SMILES string of the molecule is CC(C)c1cc(-c2ccccc2)cc(C(C)C)c1-n1c(-c2[c-]ccc3c2oc2cc(-c4ccccc4)ccc23)nc2ccccc21.[CH3][Ge]([CH3])([CH3])[c]1ccc(-c2[c-]ccc3ccccc23)nc1.[Ir]. The van der Waals surface area contributed by atoms with Crippen LogP contribution in [0.1, 0.15) is 50.7 Å². The number of benzene rings is 8. The van der Waals surface area contributed by atoms with Crippen LogP contribution in [-0.4, -0.2) is 27.8 Å². The van der Waals surface area contributed by atoms with Crippen LogP contribution >= 0.6 is 0 Å². The van der Waals surface area contributed by atoms with Crippen molar-refractivity contribution in [2.24, 2.45) is 0 Å². The number of imidazole rings is 1. The maximum absolute atomic E-state index is 6.73. The number of pyridine rings is 1. The van der Waals surface area contributed by atoms with Crippen molar-refractivity contribution in [2.45, 2.75) is 56.8 Å². The van der Waals surface area contributed by atoms with Crippen molar-refractivity contribution in [3.05, 3.63) is 205 Å². The molecule has 0 saturated carbocycles. The molecule has 6 heteroatoms. The Morgan fingerprint density at radius 1 is 0.552 bits per heavy atom. The van der Waals surface area contributed by atoms with Crippen molar-refractivity contribution in [3.63, 3.8) is 0 Å². The predicted molar refractivity (Wildman–Crippen MR) is 281 cm³/mol. The maximum atomic E-state index is 6.73. The van der Waals surface area contributed by atoms with E-state index in [0.717, 1.165) is 61.2 Å². The van der Waals surface area contributed by atoms with Crippen molar-refractivity contribution in [1.29, 1.82) is 0 Å². The molecule has 11 aromatic rings. The van der Waals surface area contributed by atoms with Crippen molar-refractivity contribution in [3.8, 4) is 50.6 Å². The maximum Gasteiger partial charge on any atom is 0 e. The zero-order chi connectivity index (χ0) is 45.5. The van der Waals surface area contributed by atoms with Gasteiger partial charge in [-0.2, -0.15) is 0 Å². The number of fused-ring (bicyclic) bond motifs is 5. The second kappa shape index (κ2) is 19.1. The minimum atomic E-state index is -1.78. The second-order valence-corrected chi connectivity index (χ2v) is 29.5. The predicted octanol–water partition coefficient (Wildman–Crippen LogP) is 16.2. The number of para-hydroxylation sites is 2.